The number of allylic oxidation sites excluding steroid dienone is 1. The molecule has 220 valence electrons. The fourth-order valence-electron chi connectivity index (χ4n) is 5.44. The zero-order valence-electron chi connectivity index (χ0n) is 24.2. The number of cyclic esters (lactones) is 1. The van der Waals surface area contributed by atoms with E-state index in [9.17, 15) is 19.5 Å². The van der Waals surface area contributed by atoms with Crippen molar-refractivity contribution in [1.29, 1.82) is 0 Å². The lowest BCUT2D eigenvalue weighted by atomic mass is 9.85. The van der Waals surface area contributed by atoms with Crippen LogP contribution < -0.4 is 5.32 Å². The van der Waals surface area contributed by atoms with Crippen molar-refractivity contribution in [2.45, 2.75) is 64.6 Å². The number of carbonyl (C=O) groups is 3. The Morgan fingerprint density at radius 1 is 1.00 bits per heavy atom. The van der Waals surface area contributed by atoms with E-state index >= 15 is 0 Å². The van der Waals surface area contributed by atoms with Crippen LogP contribution in [0, 0.1) is 5.41 Å². The van der Waals surface area contributed by atoms with Crippen molar-refractivity contribution in [3.63, 3.8) is 0 Å². The van der Waals surface area contributed by atoms with E-state index in [4.69, 9.17) is 14.9 Å². The second-order valence-corrected chi connectivity index (χ2v) is 11.9. The molecule has 2 aliphatic heterocycles. The van der Waals surface area contributed by atoms with Gasteiger partial charge in [-0.15, -0.1) is 0 Å². The van der Waals surface area contributed by atoms with E-state index in [1.807, 2.05) is 69.3 Å². The monoisotopic (exact) mass is 571 g/mol. The number of hydrogen-bond donors (Lipinski definition) is 2. The molecule has 5 rings (SSSR count). The number of carboxylic acid groups (broad SMARTS) is 1. The van der Waals surface area contributed by atoms with Gasteiger partial charge in [-0.05, 0) is 36.3 Å². The van der Waals surface area contributed by atoms with Crippen molar-refractivity contribution in [2.75, 3.05) is 13.2 Å². The van der Waals surface area contributed by atoms with E-state index in [2.05, 4.69) is 23.5 Å². The van der Waals surface area contributed by atoms with Crippen molar-refractivity contribution >= 4 is 24.0 Å². The summed E-state index contributed by atoms with van der Waals surface area (Å²) >= 11 is 0. The number of alkyl carbamates (subject to hydrolysis) is 1. The molecule has 0 aliphatic carbocycles. The molecule has 1 fully saturated rings. The average Bonchev–Trinajstić information content (AvgIpc) is 3.60. The van der Waals surface area contributed by atoms with E-state index in [1.165, 1.54) is 4.90 Å². The maximum atomic E-state index is 13.9. The molecule has 3 heterocycles. The summed E-state index contributed by atoms with van der Waals surface area (Å²) in [7, 11) is 0. The van der Waals surface area contributed by atoms with Gasteiger partial charge in [0.1, 0.15) is 23.5 Å². The second kappa shape index (κ2) is 12.2. The van der Waals surface area contributed by atoms with E-state index in [0.717, 1.165) is 29.5 Å². The molecule has 1 aromatic heterocycles. The molecule has 10 heteroatoms. The molecule has 2 N–H and O–H groups in total. The molecule has 6 bridgehead atoms. The highest BCUT2D eigenvalue weighted by Crippen LogP contribution is 2.34. The minimum absolute atomic E-state index is 0.0875. The predicted molar refractivity (Wildman–Crippen MR) is 158 cm³/mol. The Morgan fingerprint density at radius 2 is 1.71 bits per heavy atom. The molecule has 0 radical (unpaired) electrons. The third kappa shape index (κ3) is 6.37. The third-order valence-electron chi connectivity index (χ3n) is 7.69. The molecule has 2 aliphatic rings. The van der Waals surface area contributed by atoms with Gasteiger partial charge in [-0.25, -0.2) is 9.59 Å². The number of aromatic nitrogens is 3. The first-order valence-electron chi connectivity index (χ1n) is 14.4. The van der Waals surface area contributed by atoms with Crippen LogP contribution >= 0.6 is 0 Å². The Bertz CT molecular complexity index is 1480. The number of rotatable bonds is 2. The fraction of sp³-hybridized carbons (Fsp3) is 0.406. The van der Waals surface area contributed by atoms with Gasteiger partial charge in [-0.1, -0.05) is 81.5 Å². The van der Waals surface area contributed by atoms with Gasteiger partial charge < -0.3 is 20.1 Å². The topological polar surface area (TPSA) is 127 Å². The zero-order valence-corrected chi connectivity index (χ0v) is 24.2. The molecule has 2 amide bonds. The minimum Gasteiger partial charge on any atom is -0.480 e. The molecule has 2 aromatic carbocycles. The minimum atomic E-state index is -1.12. The summed E-state index contributed by atoms with van der Waals surface area (Å²) in [6, 6.07) is 15.2. The number of hydrogen-bond acceptors (Lipinski definition) is 6. The molecule has 10 nitrogen and oxygen atoms in total. The highest BCUT2D eigenvalue weighted by atomic mass is 16.5. The lowest BCUT2D eigenvalue weighted by Gasteiger charge is -2.34. The van der Waals surface area contributed by atoms with Crippen molar-refractivity contribution in [3.8, 4) is 22.5 Å². The Hall–Kier alpha value is -4.47. The molecule has 0 unspecified atom stereocenters. The van der Waals surface area contributed by atoms with Crippen LogP contribution in [-0.2, 0) is 14.3 Å². The van der Waals surface area contributed by atoms with Crippen LogP contribution in [0.4, 0.5) is 4.79 Å². The Kier molecular flexibility index (Phi) is 8.42. The van der Waals surface area contributed by atoms with E-state index in [1.54, 1.807) is 4.80 Å². The smallest absolute Gasteiger partial charge is 0.407 e. The van der Waals surface area contributed by atoms with Gasteiger partial charge in [0.05, 0.1) is 12.6 Å². The summed E-state index contributed by atoms with van der Waals surface area (Å²) in [5, 5.41) is 22.6. The third-order valence-corrected chi connectivity index (χ3v) is 7.69. The molecule has 3 atom stereocenters. The summed E-state index contributed by atoms with van der Waals surface area (Å²) in [6.45, 7) is 5.78. The van der Waals surface area contributed by atoms with Crippen LogP contribution in [0.1, 0.15) is 58.1 Å². The van der Waals surface area contributed by atoms with Crippen molar-refractivity contribution in [3.05, 3.63) is 66.2 Å². The van der Waals surface area contributed by atoms with Gasteiger partial charge in [-0.2, -0.15) is 15.0 Å². The Morgan fingerprint density at radius 3 is 2.43 bits per heavy atom. The number of benzene rings is 2. The number of aliphatic carboxylic acids is 1. The molecular weight excluding hydrogens is 534 g/mol. The number of amides is 2. The first kappa shape index (κ1) is 29.0. The van der Waals surface area contributed by atoms with E-state index in [0.29, 0.717) is 17.8 Å². The van der Waals surface area contributed by atoms with Crippen LogP contribution in [0.5, 0.6) is 0 Å². The Balaban J connectivity index is 1.59. The quantitative estimate of drug-likeness (QED) is 0.434. The van der Waals surface area contributed by atoms with Gasteiger partial charge in [0.25, 0.3) is 0 Å². The van der Waals surface area contributed by atoms with Crippen LogP contribution in [0.25, 0.3) is 28.6 Å². The summed E-state index contributed by atoms with van der Waals surface area (Å²) in [5.74, 6) is -1.59. The fourth-order valence-corrected chi connectivity index (χ4v) is 5.44. The van der Waals surface area contributed by atoms with Crippen LogP contribution in [0.15, 0.2) is 60.7 Å². The molecule has 3 aromatic rings. The van der Waals surface area contributed by atoms with Crippen molar-refractivity contribution in [2.24, 2.45) is 5.41 Å². The first-order valence-corrected chi connectivity index (χ1v) is 14.4. The van der Waals surface area contributed by atoms with Crippen LogP contribution in [0.3, 0.4) is 0 Å². The van der Waals surface area contributed by atoms with Crippen LogP contribution in [0.2, 0.25) is 0 Å². The second-order valence-electron chi connectivity index (χ2n) is 11.9. The first-order chi connectivity index (χ1) is 20.1. The van der Waals surface area contributed by atoms with Gasteiger partial charge in [0.2, 0.25) is 5.91 Å². The lowest BCUT2D eigenvalue weighted by Crippen LogP contribution is -2.56. The van der Waals surface area contributed by atoms with Gasteiger partial charge >= 0.3 is 12.1 Å². The molecule has 1 saturated heterocycles. The summed E-state index contributed by atoms with van der Waals surface area (Å²) < 4.78 is 5.38. The van der Waals surface area contributed by atoms with Crippen molar-refractivity contribution in [1.82, 2.24) is 25.2 Å². The SMILES string of the molecule is CC(C)(C)[C@@H]1NC(=O)OCCCC/C=C/c2cccc(c2)-c2nn(nc2-c2ccccc2)[C@@H]2C[C@@H](C(=O)O)N(C2)C1=O. The van der Waals surface area contributed by atoms with Crippen LogP contribution in [-0.4, -0.2) is 68.2 Å². The number of nitrogens with zero attached hydrogens (tertiary/aromatic N) is 4. The number of carboxylic acids is 1. The molecule has 42 heavy (non-hydrogen) atoms. The van der Waals surface area contributed by atoms with E-state index in [-0.39, 0.29) is 19.6 Å². The maximum Gasteiger partial charge on any atom is 0.407 e. The standard InChI is InChI=1S/C32H37N5O5/c1-32(2,3)28-29(38)36-20-24(19-25(36)30(39)40)37-34-26(22-14-8-6-9-15-22)27(35-37)23-16-11-13-21(18-23)12-7-4-5-10-17-42-31(41)33-28/h6-9,11-16,18,24-25,28H,4-5,10,17,19-20H2,1-3H3,(H,33,41)(H,39,40)/b12-7+/t24-,25+,28-/m1/s1. The summed E-state index contributed by atoms with van der Waals surface area (Å²) in [4.78, 5) is 41.8. The molecule has 0 saturated carbocycles. The average molecular weight is 572 g/mol. The number of fused-ring (bicyclic) bond motifs is 8. The predicted octanol–water partition coefficient (Wildman–Crippen LogP) is 5.18. The normalized spacial score (nSPS) is 22.6. The van der Waals surface area contributed by atoms with Gasteiger partial charge in [0.15, 0.2) is 0 Å². The number of ether oxygens (including phenoxy) is 1. The summed E-state index contributed by atoms with van der Waals surface area (Å²) in [5.41, 5.74) is 3.45. The highest BCUT2D eigenvalue weighted by Gasteiger charge is 2.46. The summed E-state index contributed by atoms with van der Waals surface area (Å²) in [6.07, 6.45) is 5.91. The highest BCUT2D eigenvalue weighted by molar-refractivity contribution is 5.90. The largest absolute Gasteiger partial charge is 0.480 e. The van der Waals surface area contributed by atoms with Crippen molar-refractivity contribution < 1.29 is 24.2 Å². The number of carbonyl (C=O) groups excluding carboxylic acids is 2. The lowest BCUT2D eigenvalue weighted by molar-refractivity contribution is -0.150. The zero-order chi connectivity index (χ0) is 29.9. The maximum absolute atomic E-state index is 13.9. The van der Waals surface area contributed by atoms with Gasteiger partial charge in [0, 0.05) is 24.1 Å². The molecular formula is C32H37N5O5. The van der Waals surface area contributed by atoms with Gasteiger partial charge in [-0.3, -0.25) is 4.79 Å². The molecule has 0 spiro atoms. The van der Waals surface area contributed by atoms with E-state index < -0.39 is 41.5 Å². The number of nitrogens with one attached hydrogen (secondary N) is 1. The Labute approximate surface area is 245 Å².